The third-order valence-corrected chi connectivity index (χ3v) is 6.10. The first-order chi connectivity index (χ1) is 14.4. The van der Waals surface area contributed by atoms with Crippen LogP contribution in [0.3, 0.4) is 0 Å². The molecule has 30 heavy (non-hydrogen) atoms. The maximum atomic E-state index is 6.13. The lowest BCUT2D eigenvalue weighted by Gasteiger charge is -2.28. The van der Waals surface area contributed by atoms with Crippen LogP contribution in [0.5, 0.6) is 0 Å². The van der Waals surface area contributed by atoms with Gasteiger partial charge in [0.05, 0.1) is 30.9 Å². The van der Waals surface area contributed by atoms with Crippen LogP contribution in [0.25, 0.3) is 0 Å². The van der Waals surface area contributed by atoms with Crippen LogP contribution >= 0.6 is 11.6 Å². The van der Waals surface area contributed by atoms with E-state index in [-0.39, 0.29) is 5.41 Å². The Bertz CT molecular complexity index is 900. The summed E-state index contributed by atoms with van der Waals surface area (Å²) in [6.45, 7) is 12.2. The molecule has 1 aliphatic heterocycles. The zero-order valence-electron chi connectivity index (χ0n) is 18.4. The number of aliphatic imine (C=N–C) groups is 1. The highest BCUT2D eigenvalue weighted by Crippen LogP contribution is 2.35. The summed E-state index contributed by atoms with van der Waals surface area (Å²) in [7, 11) is 0. The zero-order valence-corrected chi connectivity index (χ0v) is 19.2. The Hall–Kier alpha value is -2.21. The topological polar surface area (TPSA) is 57.2 Å². The van der Waals surface area contributed by atoms with Gasteiger partial charge in [-0.1, -0.05) is 67.4 Å². The van der Waals surface area contributed by atoms with Gasteiger partial charge in [0.15, 0.2) is 0 Å². The molecule has 0 fully saturated rings. The summed E-state index contributed by atoms with van der Waals surface area (Å²) in [5.41, 5.74) is 10.3. The molecule has 1 unspecified atom stereocenters. The molecule has 5 nitrogen and oxygen atoms in total. The predicted octanol–water partition coefficient (Wildman–Crippen LogP) is 4.28. The minimum atomic E-state index is -0.285. The van der Waals surface area contributed by atoms with Gasteiger partial charge >= 0.3 is 0 Å². The van der Waals surface area contributed by atoms with Gasteiger partial charge in [-0.05, 0) is 50.2 Å². The van der Waals surface area contributed by atoms with Gasteiger partial charge in [-0.3, -0.25) is 9.89 Å². The maximum Gasteiger partial charge on any atom is 0.135 e. The summed E-state index contributed by atoms with van der Waals surface area (Å²) in [4.78, 5) is 7.06. The third-order valence-electron chi connectivity index (χ3n) is 5.84. The highest BCUT2D eigenvalue weighted by atomic mass is 35.5. The lowest BCUT2D eigenvalue weighted by molar-refractivity contribution is 0.311. The Morgan fingerprint density at radius 1 is 1.13 bits per heavy atom. The van der Waals surface area contributed by atoms with E-state index in [9.17, 15) is 0 Å². The van der Waals surface area contributed by atoms with Crippen molar-refractivity contribution in [3.05, 3.63) is 70.2 Å². The van der Waals surface area contributed by atoms with E-state index in [1.807, 2.05) is 29.3 Å². The number of nitrogens with two attached hydrogens (primary N) is 1. The van der Waals surface area contributed by atoms with Crippen molar-refractivity contribution in [1.82, 2.24) is 9.91 Å². The van der Waals surface area contributed by atoms with E-state index in [0.717, 1.165) is 35.2 Å². The molecule has 0 aromatic heterocycles. The fourth-order valence-corrected chi connectivity index (χ4v) is 3.91. The van der Waals surface area contributed by atoms with E-state index >= 15 is 0 Å². The van der Waals surface area contributed by atoms with Crippen molar-refractivity contribution in [2.24, 2.45) is 15.8 Å². The van der Waals surface area contributed by atoms with E-state index in [1.54, 1.807) is 0 Å². The van der Waals surface area contributed by atoms with Gasteiger partial charge in [-0.25, -0.2) is 5.01 Å². The largest absolute Gasteiger partial charge is 0.324 e. The summed E-state index contributed by atoms with van der Waals surface area (Å²) >= 11 is 6.13. The summed E-state index contributed by atoms with van der Waals surface area (Å²) < 4.78 is 0. The molecule has 0 amide bonds. The standard InChI is InChI=1S/C24H32ClN5/c1-5-29(6-2)17-27-22(15-26)30-16-24(4,20-11-7-18(3)8-12-20)23(28-30)19-9-13-21(25)14-10-19/h7-14H,5-6,15-17,26H2,1-4H3/b27-22+. The number of hydrazone groups is 1. The van der Waals surface area contributed by atoms with Crippen LogP contribution in [0.1, 0.15) is 37.5 Å². The number of hydrogen-bond donors (Lipinski definition) is 1. The van der Waals surface area contributed by atoms with Crippen LogP contribution < -0.4 is 5.73 Å². The molecule has 1 atom stereocenters. The second kappa shape index (κ2) is 9.73. The monoisotopic (exact) mass is 425 g/mol. The second-order valence-corrected chi connectivity index (χ2v) is 8.37. The minimum absolute atomic E-state index is 0.285. The summed E-state index contributed by atoms with van der Waals surface area (Å²) in [5.74, 6) is 0.809. The molecule has 2 N–H and O–H groups in total. The average Bonchev–Trinajstić information content (AvgIpc) is 3.10. The summed E-state index contributed by atoms with van der Waals surface area (Å²) in [6, 6.07) is 16.6. The number of halogens is 1. The van der Waals surface area contributed by atoms with Gasteiger partial charge in [0, 0.05) is 5.02 Å². The molecule has 6 heteroatoms. The molecule has 1 aliphatic rings. The fraction of sp³-hybridized carbons (Fsp3) is 0.417. The van der Waals surface area contributed by atoms with Gasteiger partial charge in [0.1, 0.15) is 5.84 Å². The number of aryl methyl sites for hydroxylation is 1. The van der Waals surface area contributed by atoms with E-state index in [1.165, 1.54) is 11.1 Å². The van der Waals surface area contributed by atoms with Gasteiger partial charge in [-0.15, -0.1) is 0 Å². The number of rotatable bonds is 7. The van der Waals surface area contributed by atoms with Crippen LogP contribution in [0.4, 0.5) is 0 Å². The normalized spacial score (nSPS) is 19.5. The van der Waals surface area contributed by atoms with Crippen molar-refractivity contribution in [2.45, 2.75) is 33.1 Å². The number of hydrogen-bond acceptors (Lipinski definition) is 4. The van der Waals surface area contributed by atoms with Crippen LogP contribution in [0, 0.1) is 6.92 Å². The lowest BCUT2D eigenvalue weighted by Crippen LogP contribution is -2.40. The van der Waals surface area contributed by atoms with Crippen LogP contribution in [-0.4, -0.2) is 54.3 Å². The van der Waals surface area contributed by atoms with Crippen LogP contribution in [-0.2, 0) is 5.41 Å². The Balaban J connectivity index is 2.01. The quantitative estimate of drug-likeness (QED) is 0.532. The molecule has 160 valence electrons. The summed E-state index contributed by atoms with van der Waals surface area (Å²) in [6.07, 6.45) is 0. The number of benzene rings is 2. The second-order valence-electron chi connectivity index (χ2n) is 7.93. The number of amidine groups is 1. The Morgan fingerprint density at radius 3 is 2.33 bits per heavy atom. The minimum Gasteiger partial charge on any atom is -0.324 e. The molecule has 3 rings (SSSR count). The van der Waals surface area contributed by atoms with Gasteiger partial charge in [-0.2, -0.15) is 5.10 Å². The van der Waals surface area contributed by atoms with Crippen LogP contribution in [0.15, 0.2) is 58.6 Å². The maximum absolute atomic E-state index is 6.13. The highest BCUT2D eigenvalue weighted by Gasteiger charge is 2.41. The first kappa shape index (κ1) is 22.5. The predicted molar refractivity (Wildman–Crippen MR) is 128 cm³/mol. The molecule has 1 heterocycles. The van der Waals surface area contributed by atoms with Crippen molar-refractivity contribution in [3.63, 3.8) is 0 Å². The molecule has 0 saturated carbocycles. The Labute approximate surface area is 185 Å². The van der Waals surface area contributed by atoms with E-state index < -0.39 is 0 Å². The summed E-state index contributed by atoms with van der Waals surface area (Å²) in [5, 5.41) is 7.72. The highest BCUT2D eigenvalue weighted by molar-refractivity contribution is 6.30. The Kier molecular flexibility index (Phi) is 7.29. The molecular formula is C24H32ClN5. The van der Waals surface area contributed by atoms with Gasteiger partial charge in [0.2, 0.25) is 0 Å². The molecule has 0 aliphatic carbocycles. The third kappa shape index (κ3) is 4.75. The molecule has 0 bridgehead atoms. The molecule has 2 aromatic rings. The van der Waals surface area contributed by atoms with E-state index in [2.05, 4.69) is 56.9 Å². The first-order valence-electron chi connectivity index (χ1n) is 10.6. The van der Waals surface area contributed by atoms with Crippen molar-refractivity contribution in [1.29, 1.82) is 0 Å². The molecule has 0 spiro atoms. The molecule has 0 saturated heterocycles. The zero-order chi connectivity index (χ0) is 21.7. The van der Waals surface area contributed by atoms with Crippen molar-refractivity contribution in [3.8, 4) is 0 Å². The Morgan fingerprint density at radius 2 is 1.77 bits per heavy atom. The molecular weight excluding hydrogens is 394 g/mol. The SMILES string of the molecule is CCN(CC)C/N=C(\CN)N1CC(C)(c2ccc(C)cc2)C(c2ccc(Cl)cc2)=N1. The smallest absolute Gasteiger partial charge is 0.135 e. The van der Waals surface area contributed by atoms with Crippen LogP contribution in [0.2, 0.25) is 5.02 Å². The average molecular weight is 426 g/mol. The fourth-order valence-electron chi connectivity index (χ4n) is 3.78. The first-order valence-corrected chi connectivity index (χ1v) is 10.9. The molecule has 2 aromatic carbocycles. The van der Waals surface area contributed by atoms with E-state index in [0.29, 0.717) is 19.8 Å². The molecule has 0 radical (unpaired) electrons. The van der Waals surface area contributed by atoms with Gasteiger partial charge in [0.25, 0.3) is 0 Å². The van der Waals surface area contributed by atoms with Crippen molar-refractivity contribution < 1.29 is 0 Å². The van der Waals surface area contributed by atoms with Crippen molar-refractivity contribution >= 4 is 23.1 Å². The van der Waals surface area contributed by atoms with E-state index in [4.69, 9.17) is 27.4 Å². The lowest BCUT2D eigenvalue weighted by atomic mass is 9.76. The van der Waals surface area contributed by atoms with Gasteiger partial charge < -0.3 is 5.73 Å². The van der Waals surface area contributed by atoms with Crippen molar-refractivity contribution in [2.75, 3.05) is 32.8 Å². The number of nitrogens with zero attached hydrogens (tertiary/aromatic N) is 4.